The van der Waals surface area contributed by atoms with Gasteiger partial charge in [-0.05, 0) is 49.8 Å². The van der Waals surface area contributed by atoms with Gasteiger partial charge in [0, 0.05) is 31.2 Å². The molecule has 0 bridgehead atoms. The Morgan fingerprint density at radius 3 is 2.51 bits per heavy atom. The number of fused-ring (bicyclic) bond motifs is 3. The van der Waals surface area contributed by atoms with Gasteiger partial charge in [0.25, 0.3) is 10.0 Å². The van der Waals surface area contributed by atoms with Crippen LogP contribution in [0.1, 0.15) is 44.0 Å². The van der Waals surface area contributed by atoms with Gasteiger partial charge in [0.1, 0.15) is 17.9 Å². The van der Waals surface area contributed by atoms with Crippen LogP contribution in [-0.2, 0) is 30.8 Å². The molecule has 1 fully saturated rings. The van der Waals surface area contributed by atoms with Crippen LogP contribution in [0.3, 0.4) is 0 Å². The number of hydrogen-bond donors (Lipinski definition) is 0. The van der Waals surface area contributed by atoms with Crippen LogP contribution >= 0.6 is 0 Å². The minimum Gasteiger partial charge on any atom is -0.382 e. The van der Waals surface area contributed by atoms with Gasteiger partial charge in [-0.15, -0.1) is 0 Å². The van der Waals surface area contributed by atoms with E-state index in [4.69, 9.17) is 24.5 Å². The van der Waals surface area contributed by atoms with E-state index in [2.05, 4.69) is 15.6 Å². The van der Waals surface area contributed by atoms with Crippen LogP contribution in [0.4, 0.5) is 0 Å². The molecule has 0 spiro atoms. The van der Waals surface area contributed by atoms with Crippen LogP contribution in [0.15, 0.2) is 53.7 Å². The van der Waals surface area contributed by atoms with Crippen molar-refractivity contribution in [1.29, 1.82) is 5.26 Å². The molecule has 0 saturated heterocycles. The SMILES string of the molecule is COCCOCCOCc1nc2cnc3c(ccn3S(=O)(=O)c3ccccc3)c2n1[C@H]1CC[C@H](CC#N)CC1. The molecular weight excluding hydrogens is 518 g/mol. The highest BCUT2D eigenvalue weighted by Gasteiger charge is 2.28. The van der Waals surface area contributed by atoms with E-state index < -0.39 is 10.0 Å². The molecule has 3 aromatic heterocycles. The first-order valence-corrected chi connectivity index (χ1v) is 14.7. The fourth-order valence-corrected chi connectivity index (χ4v) is 6.68. The minimum atomic E-state index is -3.82. The highest BCUT2D eigenvalue weighted by atomic mass is 32.2. The van der Waals surface area contributed by atoms with E-state index in [1.165, 1.54) is 3.97 Å². The van der Waals surface area contributed by atoms with Crippen LogP contribution in [0, 0.1) is 17.2 Å². The summed E-state index contributed by atoms with van der Waals surface area (Å²) in [4.78, 5) is 9.61. The maximum atomic E-state index is 13.4. The Morgan fingerprint density at radius 2 is 1.77 bits per heavy atom. The lowest BCUT2D eigenvalue weighted by molar-refractivity contribution is 0.0175. The van der Waals surface area contributed by atoms with Gasteiger partial charge in [-0.2, -0.15) is 5.26 Å². The summed E-state index contributed by atoms with van der Waals surface area (Å²) >= 11 is 0. The molecule has 0 aliphatic heterocycles. The highest BCUT2D eigenvalue weighted by molar-refractivity contribution is 7.90. The molecule has 1 saturated carbocycles. The Labute approximate surface area is 228 Å². The lowest BCUT2D eigenvalue weighted by Gasteiger charge is -2.30. The van der Waals surface area contributed by atoms with Gasteiger partial charge in [0.05, 0.1) is 49.1 Å². The van der Waals surface area contributed by atoms with Gasteiger partial charge >= 0.3 is 0 Å². The van der Waals surface area contributed by atoms with Crippen molar-refractivity contribution in [3.8, 4) is 6.07 Å². The highest BCUT2D eigenvalue weighted by Crippen LogP contribution is 2.38. The molecule has 0 N–H and O–H groups in total. The maximum Gasteiger partial charge on any atom is 0.269 e. The third kappa shape index (κ3) is 5.70. The largest absolute Gasteiger partial charge is 0.382 e. The monoisotopic (exact) mass is 551 g/mol. The van der Waals surface area contributed by atoms with Gasteiger partial charge in [0.15, 0.2) is 5.65 Å². The zero-order valence-corrected chi connectivity index (χ0v) is 22.8. The van der Waals surface area contributed by atoms with Gasteiger partial charge in [-0.3, -0.25) is 0 Å². The summed E-state index contributed by atoms with van der Waals surface area (Å²) in [6.45, 7) is 2.21. The standard InChI is InChI=1S/C28H33N5O5S/c1-36-15-16-37-17-18-38-20-26-31-25-19-30-28-24(12-14-32(28)39(34,35)23-5-3-2-4-6-23)27(25)33(26)22-9-7-21(8-10-22)11-13-29/h2-6,12,14,19,21-22H,7-11,15-18,20H2,1H3/t21-,22-. The lowest BCUT2D eigenvalue weighted by Crippen LogP contribution is -2.20. The second-order valence-electron chi connectivity index (χ2n) is 9.75. The smallest absolute Gasteiger partial charge is 0.269 e. The molecule has 3 heterocycles. The minimum absolute atomic E-state index is 0.168. The maximum absolute atomic E-state index is 13.4. The van der Waals surface area contributed by atoms with Crippen LogP contribution in [-0.4, -0.2) is 60.5 Å². The van der Waals surface area contributed by atoms with E-state index in [9.17, 15) is 8.42 Å². The van der Waals surface area contributed by atoms with Crippen molar-refractivity contribution in [1.82, 2.24) is 18.5 Å². The summed E-state index contributed by atoms with van der Waals surface area (Å²) < 4.78 is 46.8. The van der Waals surface area contributed by atoms with E-state index >= 15 is 0 Å². The van der Waals surface area contributed by atoms with Gasteiger partial charge in [-0.1, -0.05) is 18.2 Å². The molecule has 0 atom stereocenters. The van der Waals surface area contributed by atoms with Crippen molar-refractivity contribution in [3.63, 3.8) is 0 Å². The van der Waals surface area contributed by atoms with Crippen LogP contribution < -0.4 is 0 Å². The number of aromatic nitrogens is 4. The van der Waals surface area contributed by atoms with Crippen molar-refractivity contribution in [3.05, 3.63) is 54.6 Å². The zero-order chi connectivity index (χ0) is 27.2. The van der Waals surface area contributed by atoms with E-state index in [-0.39, 0.29) is 10.9 Å². The Bertz CT molecular complexity index is 1550. The number of methoxy groups -OCH3 is 1. The van der Waals surface area contributed by atoms with E-state index in [0.717, 1.165) is 42.4 Å². The number of hydrogen-bond acceptors (Lipinski definition) is 8. The summed E-state index contributed by atoms with van der Waals surface area (Å²) in [5, 5.41) is 9.88. The Balaban J connectivity index is 1.50. The van der Waals surface area contributed by atoms with Gasteiger partial charge < -0.3 is 18.8 Å². The normalized spacial score (nSPS) is 18.1. The number of pyridine rings is 1. The summed E-state index contributed by atoms with van der Waals surface area (Å²) in [6.07, 6.45) is 7.53. The predicted molar refractivity (Wildman–Crippen MR) is 146 cm³/mol. The Hall–Kier alpha value is -3.30. The molecule has 5 rings (SSSR count). The number of imidazole rings is 1. The van der Waals surface area contributed by atoms with Crippen molar-refractivity contribution < 1.29 is 22.6 Å². The van der Waals surface area contributed by atoms with Crippen molar-refractivity contribution in [2.75, 3.05) is 33.5 Å². The number of nitrogens with zero attached hydrogens (tertiary/aromatic N) is 5. The summed E-state index contributed by atoms with van der Waals surface area (Å²) in [5.74, 6) is 1.18. The van der Waals surface area contributed by atoms with Crippen molar-refractivity contribution in [2.45, 2.75) is 49.6 Å². The molecule has 39 heavy (non-hydrogen) atoms. The first-order valence-electron chi connectivity index (χ1n) is 13.2. The molecular formula is C28H33N5O5S. The molecule has 0 radical (unpaired) electrons. The zero-order valence-electron chi connectivity index (χ0n) is 22.0. The van der Waals surface area contributed by atoms with Crippen molar-refractivity contribution in [2.24, 2.45) is 5.92 Å². The third-order valence-corrected chi connectivity index (χ3v) is 8.98. The molecule has 0 unspecified atom stereocenters. The Kier molecular flexibility index (Phi) is 8.57. The topological polar surface area (TPSA) is 121 Å². The number of ether oxygens (including phenoxy) is 3. The average Bonchev–Trinajstić information content (AvgIpc) is 3.55. The molecule has 1 aliphatic rings. The molecule has 4 aromatic rings. The van der Waals surface area contributed by atoms with Gasteiger partial charge in [0.2, 0.25) is 0 Å². The van der Waals surface area contributed by atoms with Crippen LogP contribution in [0.25, 0.3) is 22.1 Å². The lowest BCUT2D eigenvalue weighted by atomic mass is 9.84. The summed E-state index contributed by atoms with van der Waals surface area (Å²) in [6, 6.07) is 12.6. The quantitative estimate of drug-likeness (QED) is 0.237. The first-order chi connectivity index (χ1) is 19.0. The number of nitriles is 1. The van der Waals surface area contributed by atoms with E-state index in [1.807, 2.05) is 0 Å². The summed E-state index contributed by atoms with van der Waals surface area (Å²) in [7, 11) is -2.18. The van der Waals surface area contributed by atoms with Crippen LogP contribution in [0.2, 0.25) is 0 Å². The number of rotatable bonds is 12. The molecule has 206 valence electrons. The van der Waals surface area contributed by atoms with Crippen LogP contribution in [0.5, 0.6) is 0 Å². The average molecular weight is 552 g/mol. The van der Waals surface area contributed by atoms with E-state index in [1.54, 1.807) is 55.9 Å². The molecule has 1 aromatic carbocycles. The fourth-order valence-electron chi connectivity index (χ4n) is 5.35. The third-order valence-electron chi connectivity index (χ3n) is 7.30. The molecule has 1 aliphatic carbocycles. The predicted octanol–water partition coefficient (Wildman–Crippen LogP) is 4.45. The Morgan fingerprint density at radius 1 is 1.03 bits per heavy atom. The number of benzene rings is 1. The van der Waals surface area contributed by atoms with Crippen molar-refractivity contribution >= 4 is 32.1 Å². The van der Waals surface area contributed by atoms with Gasteiger partial charge in [-0.25, -0.2) is 22.4 Å². The first kappa shape index (κ1) is 27.3. The molecule has 0 amide bonds. The summed E-state index contributed by atoms with van der Waals surface area (Å²) in [5.41, 5.74) is 1.93. The second-order valence-corrected chi connectivity index (χ2v) is 11.6. The fraction of sp³-hybridized carbons (Fsp3) is 0.464. The molecule has 11 heteroatoms. The second kappa shape index (κ2) is 12.3. The van der Waals surface area contributed by atoms with E-state index in [0.29, 0.717) is 56.5 Å². The molecule has 10 nitrogen and oxygen atoms in total.